The maximum Gasteiger partial charge on any atom is 0.191 e. The molecule has 0 radical (unpaired) electrons. The Kier molecular flexibility index (Phi) is 8.94. The van der Waals surface area contributed by atoms with Crippen molar-refractivity contribution in [2.75, 3.05) is 32.7 Å². The molecule has 0 bridgehead atoms. The third-order valence-corrected chi connectivity index (χ3v) is 4.25. The maximum absolute atomic E-state index is 4.77. The van der Waals surface area contributed by atoms with Gasteiger partial charge in [0.05, 0.1) is 0 Å². The molecule has 0 amide bonds. The molecule has 21 heavy (non-hydrogen) atoms. The summed E-state index contributed by atoms with van der Waals surface area (Å²) < 4.78 is 0. The Morgan fingerprint density at radius 1 is 1.24 bits per heavy atom. The number of nitrogens with zero attached hydrogens (tertiary/aromatic N) is 2. The minimum atomic E-state index is 0. The molecule has 1 saturated carbocycles. The van der Waals surface area contributed by atoms with Gasteiger partial charge in [-0.25, -0.2) is 0 Å². The first kappa shape index (κ1) is 19.0. The highest BCUT2D eigenvalue weighted by Crippen LogP contribution is 2.31. The summed E-state index contributed by atoms with van der Waals surface area (Å²) in [5.41, 5.74) is 0. The summed E-state index contributed by atoms with van der Waals surface area (Å²) in [7, 11) is 0. The van der Waals surface area contributed by atoms with Crippen molar-refractivity contribution >= 4 is 29.9 Å². The van der Waals surface area contributed by atoms with Crippen molar-refractivity contribution in [3.63, 3.8) is 0 Å². The van der Waals surface area contributed by atoms with Gasteiger partial charge in [-0.2, -0.15) is 0 Å². The summed E-state index contributed by atoms with van der Waals surface area (Å²) in [5.74, 6) is 2.50. The van der Waals surface area contributed by atoms with Gasteiger partial charge < -0.3 is 15.5 Å². The summed E-state index contributed by atoms with van der Waals surface area (Å²) in [6, 6.07) is 0.918. The quantitative estimate of drug-likeness (QED) is 0.387. The van der Waals surface area contributed by atoms with Crippen molar-refractivity contribution in [3.8, 4) is 0 Å². The SMILES string of the molecule is CCNC(=NCC1CCN(C2CC2)C1)NCCC(C)C.I. The number of aliphatic imine (C=N–C) groups is 1. The number of halogens is 1. The van der Waals surface area contributed by atoms with E-state index in [0.717, 1.165) is 43.5 Å². The lowest BCUT2D eigenvalue weighted by atomic mass is 10.1. The zero-order chi connectivity index (χ0) is 14.4. The molecule has 0 aromatic carbocycles. The van der Waals surface area contributed by atoms with Crippen molar-refractivity contribution in [1.29, 1.82) is 0 Å². The molecule has 1 aliphatic carbocycles. The van der Waals surface area contributed by atoms with E-state index in [1.54, 1.807) is 0 Å². The molecule has 2 fully saturated rings. The lowest BCUT2D eigenvalue weighted by Gasteiger charge is -2.15. The zero-order valence-electron chi connectivity index (χ0n) is 13.9. The maximum atomic E-state index is 4.77. The molecule has 2 aliphatic rings. The Labute approximate surface area is 147 Å². The zero-order valence-corrected chi connectivity index (χ0v) is 16.2. The van der Waals surface area contributed by atoms with Crippen molar-refractivity contribution in [2.45, 2.75) is 52.5 Å². The van der Waals surface area contributed by atoms with Crippen LogP contribution in [0.2, 0.25) is 0 Å². The second-order valence-electron chi connectivity index (χ2n) is 6.71. The average Bonchev–Trinajstić information content (AvgIpc) is 3.15. The third-order valence-electron chi connectivity index (χ3n) is 4.25. The third kappa shape index (κ3) is 7.17. The Morgan fingerprint density at radius 3 is 2.62 bits per heavy atom. The lowest BCUT2D eigenvalue weighted by Crippen LogP contribution is -2.38. The number of nitrogens with one attached hydrogen (secondary N) is 2. The van der Waals surface area contributed by atoms with Crippen LogP contribution in [0.25, 0.3) is 0 Å². The number of rotatable bonds is 7. The molecular weight excluding hydrogens is 375 g/mol. The Bertz CT molecular complexity index is 315. The topological polar surface area (TPSA) is 39.7 Å². The van der Waals surface area contributed by atoms with E-state index < -0.39 is 0 Å². The molecule has 1 atom stereocenters. The van der Waals surface area contributed by atoms with Gasteiger partial charge in [0.15, 0.2) is 5.96 Å². The molecule has 0 spiro atoms. The van der Waals surface area contributed by atoms with Gasteiger partial charge in [-0.15, -0.1) is 24.0 Å². The van der Waals surface area contributed by atoms with Gasteiger partial charge in [0.1, 0.15) is 0 Å². The standard InChI is InChI=1S/C16H32N4.HI/c1-4-17-16(18-9-7-13(2)3)19-11-14-8-10-20(12-14)15-5-6-15;/h13-15H,4-12H2,1-3H3,(H2,17,18,19);1H. The monoisotopic (exact) mass is 408 g/mol. The summed E-state index contributed by atoms with van der Waals surface area (Å²) in [4.78, 5) is 7.44. The van der Waals surface area contributed by atoms with Crippen molar-refractivity contribution < 1.29 is 0 Å². The van der Waals surface area contributed by atoms with Crippen LogP contribution in [0.3, 0.4) is 0 Å². The van der Waals surface area contributed by atoms with E-state index in [4.69, 9.17) is 4.99 Å². The van der Waals surface area contributed by atoms with Gasteiger partial charge in [-0.1, -0.05) is 13.8 Å². The van der Waals surface area contributed by atoms with Crippen molar-refractivity contribution in [2.24, 2.45) is 16.8 Å². The van der Waals surface area contributed by atoms with Crippen molar-refractivity contribution in [1.82, 2.24) is 15.5 Å². The van der Waals surface area contributed by atoms with E-state index in [9.17, 15) is 0 Å². The summed E-state index contributed by atoms with van der Waals surface area (Å²) >= 11 is 0. The fraction of sp³-hybridized carbons (Fsp3) is 0.938. The minimum Gasteiger partial charge on any atom is -0.357 e. The molecule has 1 unspecified atom stereocenters. The minimum absolute atomic E-state index is 0. The van der Waals surface area contributed by atoms with Gasteiger partial charge in [0.25, 0.3) is 0 Å². The van der Waals surface area contributed by atoms with Gasteiger partial charge in [0, 0.05) is 32.2 Å². The van der Waals surface area contributed by atoms with E-state index in [0.29, 0.717) is 0 Å². The second-order valence-corrected chi connectivity index (χ2v) is 6.71. The fourth-order valence-corrected chi connectivity index (χ4v) is 2.82. The molecule has 4 nitrogen and oxygen atoms in total. The van der Waals surface area contributed by atoms with Crippen molar-refractivity contribution in [3.05, 3.63) is 0 Å². The first-order valence-corrected chi connectivity index (χ1v) is 8.45. The van der Waals surface area contributed by atoms with Crippen LogP contribution in [0.4, 0.5) is 0 Å². The predicted octanol–water partition coefficient (Wildman–Crippen LogP) is 2.69. The first-order valence-electron chi connectivity index (χ1n) is 8.45. The predicted molar refractivity (Wildman–Crippen MR) is 102 cm³/mol. The number of guanidine groups is 1. The number of hydrogen-bond donors (Lipinski definition) is 2. The van der Waals surface area contributed by atoms with Gasteiger partial charge in [-0.05, 0) is 51.0 Å². The molecule has 124 valence electrons. The molecule has 5 heteroatoms. The summed E-state index contributed by atoms with van der Waals surface area (Å²) in [6.07, 6.45) is 5.37. The normalized spacial score (nSPS) is 23.2. The molecule has 0 aromatic rings. The molecule has 2 rings (SSSR count). The van der Waals surface area contributed by atoms with Crippen LogP contribution in [0, 0.1) is 11.8 Å². The van der Waals surface area contributed by atoms with Gasteiger partial charge in [-0.3, -0.25) is 4.99 Å². The van der Waals surface area contributed by atoms with Crippen LogP contribution < -0.4 is 10.6 Å². The van der Waals surface area contributed by atoms with Crippen LogP contribution in [-0.4, -0.2) is 49.6 Å². The van der Waals surface area contributed by atoms with Crippen LogP contribution in [0.15, 0.2) is 4.99 Å². The van der Waals surface area contributed by atoms with Crippen LogP contribution in [0.5, 0.6) is 0 Å². The average molecular weight is 408 g/mol. The summed E-state index contributed by atoms with van der Waals surface area (Å²) in [6.45, 7) is 12.1. The number of hydrogen-bond acceptors (Lipinski definition) is 2. The Hall–Kier alpha value is -0.0400. The van der Waals surface area contributed by atoms with Crippen LogP contribution in [-0.2, 0) is 0 Å². The fourth-order valence-electron chi connectivity index (χ4n) is 2.82. The van der Waals surface area contributed by atoms with Crippen LogP contribution >= 0.6 is 24.0 Å². The van der Waals surface area contributed by atoms with E-state index >= 15 is 0 Å². The molecule has 2 N–H and O–H groups in total. The van der Waals surface area contributed by atoms with Gasteiger partial charge >= 0.3 is 0 Å². The molecule has 1 saturated heterocycles. The Morgan fingerprint density at radius 2 is 2.00 bits per heavy atom. The van der Waals surface area contributed by atoms with E-state index in [2.05, 4.69) is 36.3 Å². The highest BCUT2D eigenvalue weighted by Gasteiger charge is 2.34. The molecule has 1 aliphatic heterocycles. The van der Waals surface area contributed by atoms with Gasteiger partial charge in [0.2, 0.25) is 0 Å². The van der Waals surface area contributed by atoms with E-state index in [1.165, 1.54) is 38.8 Å². The highest BCUT2D eigenvalue weighted by molar-refractivity contribution is 14.0. The van der Waals surface area contributed by atoms with E-state index in [1.807, 2.05) is 0 Å². The molecule has 0 aromatic heterocycles. The molecule has 1 heterocycles. The second kappa shape index (κ2) is 9.87. The molecular formula is C16H33IN4. The van der Waals surface area contributed by atoms with Crippen LogP contribution in [0.1, 0.15) is 46.5 Å². The highest BCUT2D eigenvalue weighted by atomic mass is 127. The summed E-state index contributed by atoms with van der Waals surface area (Å²) in [5, 5.41) is 6.80. The number of likely N-dealkylation sites (tertiary alicyclic amines) is 1. The smallest absolute Gasteiger partial charge is 0.191 e. The largest absolute Gasteiger partial charge is 0.357 e. The lowest BCUT2D eigenvalue weighted by molar-refractivity contribution is 0.315. The first-order chi connectivity index (χ1) is 9.69. The van der Waals surface area contributed by atoms with E-state index in [-0.39, 0.29) is 24.0 Å². The Balaban J connectivity index is 0.00000220.